The Morgan fingerprint density at radius 2 is 2.06 bits per heavy atom. The monoisotopic (exact) mass is 272 g/mol. The number of hydrogen-bond acceptors (Lipinski definition) is 5. The summed E-state index contributed by atoms with van der Waals surface area (Å²) in [6, 6.07) is 4.26. The van der Waals surface area contributed by atoms with Crippen molar-refractivity contribution in [2.24, 2.45) is 0 Å². The third kappa shape index (κ3) is 3.09. The maximum Gasteiger partial charge on any atom is 0.271 e. The molecule has 0 saturated carbocycles. The molecule has 0 aliphatic heterocycles. The predicted molar refractivity (Wildman–Crippen MR) is 72.2 cm³/mol. The Morgan fingerprint density at radius 3 is 2.50 bits per heavy atom. The Labute approximate surface area is 106 Å². The number of nitro benzene ring substituents is 1. The predicted octanol–water partition coefficient (Wildman–Crippen LogP) is 2.23. The Kier molecular flexibility index (Phi) is 4.48. The molecule has 1 unspecified atom stereocenters. The van der Waals surface area contributed by atoms with Gasteiger partial charge in [-0.25, -0.2) is 0 Å². The molecule has 1 atom stereocenters. The van der Waals surface area contributed by atoms with Crippen LogP contribution in [-0.2, 0) is 9.09 Å². The first kappa shape index (κ1) is 14.7. The minimum absolute atomic E-state index is 0.0288. The van der Waals surface area contributed by atoms with Crippen molar-refractivity contribution in [3.05, 3.63) is 28.3 Å². The quantitative estimate of drug-likeness (QED) is 0.467. The second-order valence-electron chi connectivity index (χ2n) is 4.09. The summed E-state index contributed by atoms with van der Waals surface area (Å²) in [7, 11) is 0.538. The number of hydrogen-bond donors (Lipinski definition) is 0. The zero-order valence-electron chi connectivity index (χ0n) is 10.9. The molecule has 7 heteroatoms. The highest BCUT2D eigenvalue weighted by Gasteiger charge is 2.25. The van der Waals surface area contributed by atoms with Crippen LogP contribution in [0.5, 0.6) is 0 Å². The molecule has 0 bridgehead atoms. The summed E-state index contributed by atoms with van der Waals surface area (Å²) >= 11 is 0. The molecule has 0 aliphatic rings. The van der Waals surface area contributed by atoms with Gasteiger partial charge in [-0.2, -0.15) is 0 Å². The van der Waals surface area contributed by atoms with Crippen LogP contribution >= 0.6 is 7.37 Å². The van der Waals surface area contributed by atoms with E-state index >= 15 is 0 Å². The Hall–Kier alpha value is -1.39. The van der Waals surface area contributed by atoms with Crippen molar-refractivity contribution in [1.82, 2.24) is 0 Å². The van der Waals surface area contributed by atoms with E-state index < -0.39 is 12.3 Å². The van der Waals surface area contributed by atoms with Gasteiger partial charge in [-0.15, -0.1) is 0 Å². The fourth-order valence-electron chi connectivity index (χ4n) is 1.64. The van der Waals surface area contributed by atoms with Crippen molar-refractivity contribution in [3.63, 3.8) is 0 Å². The van der Waals surface area contributed by atoms with Crippen molar-refractivity contribution in [2.45, 2.75) is 6.92 Å². The van der Waals surface area contributed by atoms with E-state index in [1.54, 1.807) is 25.9 Å². The summed E-state index contributed by atoms with van der Waals surface area (Å²) < 4.78 is 17.7. The van der Waals surface area contributed by atoms with Crippen molar-refractivity contribution >= 4 is 24.0 Å². The van der Waals surface area contributed by atoms with E-state index in [9.17, 15) is 14.7 Å². The van der Waals surface area contributed by atoms with Crippen molar-refractivity contribution in [3.8, 4) is 0 Å². The van der Waals surface area contributed by atoms with Gasteiger partial charge in [0.15, 0.2) is 0 Å². The summed E-state index contributed by atoms with van der Waals surface area (Å²) in [6.07, 6.45) is 0. The van der Waals surface area contributed by atoms with Crippen LogP contribution in [0.4, 0.5) is 11.4 Å². The third-order valence-corrected chi connectivity index (χ3v) is 4.47. The van der Waals surface area contributed by atoms with E-state index in [1.165, 1.54) is 24.9 Å². The lowest BCUT2D eigenvalue weighted by Gasteiger charge is -2.21. The van der Waals surface area contributed by atoms with Gasteiger partial charge in [0, 0.05) is 32.9 Å². The van der Waals surface area contributed by atoms with Crippen LogP contribution in [-0.4, -0.2) is 32.3 Å². The van der Waals surface area contributed by atoms with Gasteiger partial charge in [-0.05, 0) is 13.0 Å². The van der Waals surface area contributed by atoms with E-state index in [0.717, 1.165) is 0 Å². The molecular weight excluding hydrogens is 255 g/mol. The lowest BCUT2D eigenvalue weighted by atomic mass is 10.2. The standard InChI is InChI=1S/C11H17N2O4P/c1-5-17-18(4,16)11-7-6-9(13(14)15)8-10(11)12(2)3/h6-8H,5H2,1-4H3. The number of nitro groups is 1. The van der Waals surface area contributed by atoms with Crippen LogP contribution in [0.2, 0.25) is 0 Å². The molecule has 0 spiro atoms. The highest BCUT2D eigenvalue weighted by molar-refractivity contribution is 7.66. The summed E-state index contributed by atoms with van der Waals surface area (Å²) in [4.78, 5) is 12.0. The summed E-state index contributed by atoms with van der Waals surface area (Å²) in [5.74, 6) is 0. The molecule has 0 amide bonds. The van der Waals surface area contributed by atoms with E-state index in [2.05, 4.69) is 0 Å². The Bertz CT molecular complexity index is 502. The highest BCUT2D eigenvalue weighted by Crippen LogP contribution is 2.44. The highest BCUT2D eigenvalue weighted by atomic mass is 31.2. The topological polar surface area (TPSA) is 72.7 Å². The molecule has 100 valence electrons. The minimum Gasteiger partial charge on any atom is -0.377 e. The van der Waals surface area contributed by atoms with Gasteiger partial charge in [0.05, 0.1) is 22.5 Å². The third-order valence-electron chi connectivity index (χ3n) is 2.46. The van der Waals surface area contributed by atoms with Crippen molar-refractivity contribution < 1.29 is 14.0 Å². The molecule has 0 radical (unpaired) electrons. The largest absolute Gasteiger partial charge is 0.377 e. The number of non-ortho nitro benzene ring substituents is 1. The van der Waals surface area contributed by atoms with Crippen LogP contribution in [0.25, 0.3) is 0 Å². The maximum absolute atomic E-state index is 12.4. The first-order valence-electron chi connectivity index (χ1n) is 5.48. The SMILES string of the molecule is CCOP(C)(=O)c1ccc([N+](=O)[O-])cc1N(C)C. The average molecular weight is 272 g/mol. The molecule has 1 aromatic rings. The van der Waals surface area contributed by atoms with Crippen LogP contribution in [0.15, 0.2) is 18.2 Å². The molecular formula is C11H17N2O4P. The van der Waals surface area contributed by atoms with E-state index in [4.69, 9.17) is 4.52 Å². The van der Waals surface area contributed by atoms with Crippen LogP contribution < -0.4 is 10.2 Å². The Balaban J connectivity index is 3.37. The number of nitrogens with zero attached hydrogens (tertiary/aromatic N) is 2. The first-order chi connectivity index (χ1) is 8.29. The van der Waals surface area contributed by atoms with E-state index in [1.807, 2.05) is 0 Å². The number of benzene rings is 1. The molecule has 0 fully saturated rings. The zero-order valence-corrected chi connectivity index (χ0v) is 11.8. The normalized spacial score (nSPS) is 14.0. The average Bonchev–Trinajstić information content (AvgIpc) is 2.27. The maximum atomic E-state index is 12.4. The molecule has 6 nitrogen and oxygen atoms in total. The summed E-state index contributed by atoms with van der Waals surface area (Å²) in [5.41, 5.74) is 0.516. The van der Waals surface area contributed by atoms with Gasteiger partial charge < -0.3 is 9.42 Å². The minimum atomic E-state index is -2.95. The second-order valence-corrected chi connectivity index (χ2v) is 6.52. The molecule has 0 N–H and O–H groups in total. The molecule has 1 aromatic carbocycles. The molecule has 0 saturated heterocycles. The van der Waals surface area contributed by atoms with Gasteiger partial charge in [-0.1, -0.05) is 0 Å². The van der Waals surface area contributed by atoms with Crippen molar-refractivity contribution in [1.29, 1.82) is 0 Å². The lowest BCUT2D eigenvalue weighted by molar-refractivity contribution is -0.384. The van der Waals surface area contributed by atoms with Crippen molar-refractivity contribution in [2.75, 3.05) is 32.3 Å². The smallest absolute Gasteiger partial charge is 0.271 e. The van der Waals surface area contributed by atoms with E-state index in [-0.39, 0.29) is 5.69 Å². The summed E-state index contributed by atoms with van der Waals surface area (Å²) in [5, 5.41) is 11.2. The van der Waals surface area contributed by atoms with Crippen LogP contribution in [0.3, 0.4) is 0 Å². The number of rotatable bonds is 5. The summed E-state index contributed by atoms with van der Waals surface area (Å²) in [6.45, 7) is 3.61. The molecule has 18 heavy (non-hydrogen) atoms. The van der Waals surface area contributed by atoms with Gasteiger partial charge in [0.25, 0.3) is 5.69 Å². The van der Waals surface area contributed by atoms with E-state index in [0.29, 0.717) is 17.6 Å². The fraction of sp³-hybridized carbons (Fsp3) is 0.455. The zero-order chi connectivity index (χ0) is 13.9. The van der Waals surface area contributed by atoms with Crippen LogP contribution in [0, 0.1) is 10.1 Å². The molecule has 1 rings (SSSR count). The molecule has 0 aromatic heterocycles. The number of anilines is 1. The van der Waals surface area contributed by atoms with Gasteiger partial charge in [-0.3, -0.25) is 14.7 Å². The van der Waals surface area contributed by atoms with Gasteiger partial charge in [0.2, 0.25) is 7.37 Å². The second kappa shape index (κ2) is 5.50. The molecule has 0 aliphatic carbocycles. The Morgan fingerprint density at radius 1 is 1.44 bits per heavy atom. The van der Waals surface area contributed by atoms with Gasteiger partial charge >= 0.3 is 0 Å². The van der Waals surface area contributed by atoms with Crippen LogP contribution in [0.1, 0.15) is 6.92 Å². The first-order valence-corrected chi connectivity index (χ1v) is 7.55. The fourth-order valence-corrected chi connectivity index (χ4v) is 3.30. The lowest BCUT2D eigenvalue weighted by Crippen LogP contribution is -2.20. The van der Waals surface area contributed by atoms with Gasteiger partial charge in [0.1, 0.15) is 0 Å². The molecule has 0 heterocycles.